The van der Waals surface area contributed by atoms with Gasteiger partial charge in [0.15, 0.2) is 0 Å². The Balaban J connectivity index is 2.26. The molecule has 0 aliphatic carbocycles. The Morgan fingerprint density at radius 3 is 2.56 bits per heavy atom. The smallest absolute Gasteiger partial charge is 0.375 e. The lowest BCUT2D eigenvalue weighted by Crippen LogP contribution is -2.47. The highest BCUT2D eigenvalue weighted by Gasteiger charge is 2.47. The molecule has 48 valence electrons. The molecule has 4 nitrogen and oxygen atoms in total. The van der Waals surface area contributed by atoms with E-state index in [1.54, 1.807) is 0 Å². The SMILES string of the molecule is O=C1OC(=O)N2CC[C@H]12. The predicted molar refractivity (Wildman–Crippen MR) is 26.6 cm³/mol. The lowest BCUT2D eigenvalue weighted by atomic mass is 10.1. The molecular formula is C5H5NO3. The molecule has 2 rings (SSSR count). The van der Waals surface area contributed by atoms with Crippen molar-refractivity contribution >= 4 is 12.1 Å². The Bertz CT molecular complexity index is 169. The molecule has 2 saturated heterocycles. The molecule has 0 saturated carbocycles. The Hall–Kier alpha value is -1.06. The van der Waals surface area contributed by atoms with Crippen LogP contribution in [0.1, 0.15) is 6.42 Å². The fourth-order valence-electron chi connectivity index (χ4n) is 1.06. The summed E-state index contributed by atoms with van der Waals surface area (Å²) in [5, 5.41) is 0. The van der Waals surface area contributed by atoms with E-state index in [9.17, 15) is 9.59 Å². The Morgan fingerprint density at radius 1 is 1.56 bits per heavy atom. The molecule has 0 aromatic heterocycles. The van der Waals surface area contributed by atoms with Gasteiger partial charge in [-0.1, -0.05) is 0 Å². The predicted octanol–water partition coefficient (Wildman–Crippen LogP) is -0.262. The van der Waals surface area contributed by atoms with Gasteiger partial charge in [0.05, 0.1) is 0 Å². The van der Waals surface area contributed by atoms with Crippen LogP contribution in [0, 0.1) is 0 Å². The van der Waals surface area contributed by atoms with E-state index in [1.807, 2.05) is 0 Å². The number of hydrogen-bond acceptors (Lipinski definition) is 3. The molecule has 2 aliphatic rings. The van der Waals surface area contributed by atoms with Crippen molar-refractivity contribution in [1.29, 1.82) is 0 Å². The van der Waals surface area contributed by atoms with Crippen LogP contribution in [0.3, 0.4) is 0 Å². The first kappa shape index (κ1) is 4.78. The first-order valence-electron chi connectivity index (χ1n) is 2.81. The van der Waals surface area contributed by atoms with Gasteiger partial charge in [0, 0.05) is 6.54 Å². The van der Waals surface area contributed by atoms with Crippen molar-refractivity contribution in [2.45, 2.75) is 12.5 Å². The molecule has 1 atom stereocenters. The van der Waals surface area contributed by atoms with Crippen LogP contribution in [0.2, 0.25) is 0 Å². The summed E-state index contributed by atoms with van der Waals surface area (Å²) in [6, 6.07) is -0.238. The Labute approximate surface area is 51.4 Å². The molecule has 0 radical (unpaired) electrons. The van der Waals surface area contributed by atoms with Crippen molar-refractivity contribution < 1.29 is 14.3 Å². The molecular weight excluding hydrogens is 122 g/mol. The zero-order valence-corrected chi connectivity index (χ0v) is 4.66. The van der Waals surface area contributed by atoms with E-state index in [2.05, 4.69) is 4.74 Å². The van der Waals surface area contributed by atoms with Crippen LogP contribution >= 0.6 is 0 Å². The summed E-state index contributed by atoms with van der Waals surface area (Å²) in [6.07, 6.45) is 0.293. The lowest BCUT2D eigenvalue weighted by molar-refractivity contribution is -0.137. The topological polar surface area (TPSA) is 46.6 Å². The fraction of sp³-hybridized carbons (Fsp3) is 0.600. The molecule has 0 N–H and O–H groups in total. The highest BCUT2D eigenvalue weighted by atomic mass is 16.6. The highest BCUT2D eigenvalue weighted by Crippen LogP contribution is 2.25. The Morgan fingerprint density at radius 2 is 2.33 bits per heavy atom. The Kier molecular flexibility index (Phi) is 0.670. The zero-order chi connectivity index (χ0) is 6.43. The van der Waals surface area contributed by atoms with Crippen LogP contribution < -0.4 is 0 Å². The molecule has 2 heterocycles. The maximum atomic E-state index is 10.6. The molecule has 0 bridgehead atoms. The van der Waals surface area contributed by atoms with Crippen LogP contribution in [-0.2, 0) is 9.53 Å². The lowest BCUT2D eigenvalue weighted by Gasteiger charge is -2.28. The maximum absolute atomic E-state index is 10.6. The van der Waals surface area contributed by atoms with E-state index >= 15 is 0 Å². The molecule has 0 aromatic rings. The first-order valence-corrected chi connectivity index (χ1v) is 2.81. The minimum Gasteiger partial charge on any atom is -0.375 e. The standard InChI is InChI=1S/C5H5NO3/c7-4-3-1-2-6(3)5(8)9-4/h3H,1-2H2/t3-/m1/s1. The number of nitrogens with zero attached hydrogens (tertiary/aromatic N) is 1. The monoisotopic (exact) mass is 127 g/mol. The first-order chi connectivity index (χ1) is 4.29. The number of carbonyl (C=O) groups excluding carboxylic acids is 2. The number of rotatable bonds is 0. The fourth-order valence-corrected chi connectivity index (χ4v) is 1.06. The number of fused-ring (bicyclic) bond motifs is 1. The minimum absolute atomic E-state index is 0.238. The van der Waals surface area contributed by atoms with E-state index in [0.29, 0.717) is 6.54 Å². The van der Waals surface area contributed by atoms with E-state index in [-0.39, 0.29) is 12.0 Å². The molecule has 0 unspecified atom stereocenters. The van der Waals surface area contributed by atoms with Gasteiger partial charge in [-0.05, 0) is 6.42 Å². The highest BCUT2D eigenvalue weighted by molar-refractivity contribution is 5.96. The average molecular weight is 127 g/mol. The largest absolute Gasteiger partial charge is 0.418 e. The van der Waals surface area contributed by atoms with Gasteiger partial charge in [-0.25, -0.2) is 9.59 Å². The van der Waals surface area contributed by atoms with Gasteiger partial charge in [0.1, 0.15) is 6.04 Å². The number of hydrogen-bond donors (Lipinski definition) is 0. The van der Waals surface area contributed by atoms with Crippen molar-refractivity contribution in [3.05, 3.63) is 0 Å². The average Bonchev–Trinajstić information content (AvgIpc) is 1.73. The van der Waals surface area contributed by atoms with Crippen molar-refractivity contribution in [2.75, 3.05) is 6.54 Å². The summed E-state index contributed by atoms with van der Waals surface area (Å²) < 4.78 is 4.30. The van der Waals surface area contributed by atoms with Gasteiger partial charge in [-0.15, -0.1) is 0 Å². The van der Waals surface area contributed by atoms with Gasteiger partial charge in [0.2, 0.25) is 0 Å². The van der Waals surface area contributed by atoms with E-state index in [1.165, 1.54) is 4.90 Å². The molecule has 0 aromatic carbocycles. The second-order valence-electron chi connectivity index (χ2n) is 2.18. The minimum atomic E-state index is -0.476. The quantitative estimate of drug-likeness (QED) is 0.332. The summed E-state index contributed by atoms with van der Waals surface area (Å²) in [5.74, 6) is -0.383. The maximum Gasteiger partial charge on any atom is 0.418 e. The van der Waals surface area contributed by atoms with Crippen LogP contribution in [0.25, 0.3) is 0 Å². The van der Waals surface area contributed by atoms with Crippen LogP contribution in [-0.4, -0.2) is 29.5 Å². The van der Waals surface area contributed by atoms with Crippen LogP contribution in [0.5, 0.6) is 0 Å². The van der Waals surface area contributed by atoms with Gasteiger partial charge in [-0.2, -0.15) is 0 Å². The summed E-state index contributed by atoms with van der Waals surface area (Å²) >= 11 is 0. The molecule has 0 spiro atoms. The van der Waals surface area contributed by atoms with Crippen molar-refractivity contribution in [1.82, 2.24) is 4.90 Å². The third-order valence-electron chi connectivity index (χ3n) is 1.71. The number of esters is 1. The van der Waals surface area contributed by atoms with E-state index < -0.39 is 6.09 Å². The molecule has 2 aliphatic heterocycles. The zero-order valence-electron chi connectivity index (χ0n) is 4.66. The molecule has 4 heteroatoms. The van der Waals surface area contributed by atoms with E-state index in [4.69, 9.17) is 0 Å². The third kappa shape index (κ3) is 0.426. The van der Waals surface area contributed by atoms with Gasteiger partial charge < -0.3 is 4.74 Å². The van der Waals surface area contributed by atoms with Crippen molar-refractivity contribution in [2.24, 2.45) is 0 Å². The molecule has 1 amide bonds. The van der Waals surface area contributed by atoms with Gasteiger partial charge in [-0.3, -0.25) is 4.90 Å². The normalized spacial score (nSPS) is 31.6. The number of amides is 1. The number of cyclic esters (lactones) is 2. The van der Waals surface area contributed by atoms with Gasteiger partial charge >= 0.3 is 12.1 Å². The van der Waals surface area contributed by atoms with Gasteiger partial charge in [0.25, 0.3) is 0 Å². The third-order valence-corrected chi connectivity index (χ3v) is 1.71. The number of carbonyl (C=O) groups is 2. The second-order valence-corrected chi connectivity index (χ2v) is 2.18. The number of ether oxygens (including phenoxy) is 1. The van der Waals surface area contributed by atoms with Crippen LogP contribution in [0.4, 0.5) is 4.79 Å². The van der Waals surface area contributed by atoms with Crippen molar-refractivity contribution in [3.63, 3.8) is 0 Å². The molecule has 2 fully saturated rings. The summed E-state index contributed by atoms with van der Waals surface area (Å²) in [6.45, 7) is 0.676. The molecule has 9 heavy (non-hydrogen) atoms. The van der Waals surface area contributed by atoms with Crippen molar-refractivity contribution in [3.8, 4) is 0 Å². The summed E-state index contributed by atoms with van der Waals surface area (Å²) in [4.78, 5) is 22.5. The summed E-state index contributed by atoms with van der Waals surface area (Å²) in [7, 11) is 0. The van der Waals surface area contributed by atoms with E-state index in [0.717, 1.165) is 6.42 Å². The van der Waals surface area contributed by atoms with Crippen LogP contribution in [0.15, 0.2) is 0 Å². The summed E-state index contributed by atoms with van der Waals surface area (Å²) in [5.41, 5.74) is 0. The second kappa shape index (κ2) is 1.26.